The molecule has 1 N–H and O–H groups in total. The van der Waals surface area contributed by atoms with Gasteiger partial charge >= 0.3 is 0 Å². The molecule has 1 aromatic heterocycles. The van der Waals surface area contributed by atoms with E-state index in [1.54, 1.807) is 6.20 Å². The molecule has 2 rings (SSSR count). The zero-order valence-electron chi connectivity index (χ0n) is 12.4. The summed E-state index contributed by atoms with van der Waals surface area (Å²) in [5.74, 6) is 1.04. The largest absolute Gasteiger partial charge is 0.317 e. The minimum atomic E-state index is -0.180. The third-order valence-corrected chi connectivity index (χ3v) is 4.88. The van der Waals surface area contributed by atoms with Crippen molar-refractivity contribution in [3.63, 3.8) is 0 Å². The van der Waals surface area contributed by atoms with E-state index in [1.165, 1.54) is 19.0 Å². The van der Waals surface area contributed by atoms with Crippen LogP contribution in [-0.4, -0.2) is 18.1 Å². The quantitative estimate of drug-likeness (QED) is 0.903. The molecule has 1 saturated carbocycles. The van der Waals surface area contributed by atoms with E-state index in [0.29, 0.717) is 12.0 Å². The maximum Gasteiger partial charge on any atom is 0.145 e. The molecule has 1 aliphatic rings. The SMILES string of the molecule is CNC1CC(C)CCC1C(C)(C)c1ccncc1F. The number of pyridine rings is 1. The molecule has 0 aromatic carbocycles. The molecule has 0 bridgehead atoms. The smallest absolute Gasteiger partial charge is 0.145 e. The van der Waals surface area contributed by atoms with Gasteiger partial charge in [0.15, 0.2) is 0 Å². The van der Waals surface area contributed by atoms with Crippen molar-refractivity contribution in [2.45, 2.75) is 51.5 Å². The van der Waals surface area contributed by atoms with Crippen LogP contribution in [0.15, 0.2) is 18.5 Å². The van der Waals surface area contributed by atoms with Crippen LogP contribution in [0, 0.1) is 17.7 Å². The first-order valence-electron chi connectivity index (χ1n) is 7.24. The first-order valence-corrected chi connectivity index (χ1v) is 7.24. The summed E-state index contributed by atoms with van der Waals surface area (Å²) in [6, 6.07) is 2.30. The number of hydrogen-bond donors (Lipinski definition) is 1. The summed E-state index contributed by atoms with van der Waals surface area (Å²) in [6.45, 7) is 6.63. The minimum Gasteiger partial charge on any atom is -0.317 e. The van der Waals surface area contributed by atoms with E-state index >= 15 is 0 Å². The summed E-state index contributed by atoms with van der Waals surface area (Å²) in [7, 11) is 2.02. The van der Waals surface area contributed by atoms with E-state index < -0.39 is 0 Å². The maximum atomic E-state index is 14.1. The molecule has 3 unspecified atom stereocenters. The fraction of sp³-hybridized carbons (Fsp3) is 0.688. The molecular weight excluding hydrogens is 239 g/mol. The lowest BCUT2D eigenvalue weighted by molar-refractivity contribution is 0.148. The highest BCUT2D eigenvalue weighted by atomic mass is 19.1. The first kappa shape index (κ1) is 14.4. The van der Waals surface area contributed by atoms with Gasteiger partial charge in [-0.3, -0.25) is 4.98 Å². The normalized spacial score (nSPS) is 28.4. The number of nitrogens with one attached hydrogen (secondary N) is 1. The molecule has 106 valence electrons. The molecule has 1 fully saturated rings. The van der Waals surface area contributed by atoms with Crippen LogP contribution in [0.2, 0.25) is 0 Å². The topological polar surface area (TPSA) is 24.9 Å². The number of nitrogens with zero attached hydrogens (tertiary/aromatic N) is 1. The number of aromatic nitrogens is 1. The van der Waals surface area contributed by atoms with Gasteiger partial charge in [0.25, 0.3) is 0 Å². The third-order valence-electron chi connectivity index (χ3n) is 4.88. The first-order chi connectivity index (χ1) is 8.96. The van der Waals surface area contributed by atoms with Gasteiger partial charge in [-0.15, -0.1) is 0 Å². The predicted octanol–water partition coefficient (Wildman–Crippen LogP) is 3.52. The molecule has 0 radical (unpaired) electrons. The van der Waals surface area contributed by atoms with Crippen molar-refractivity contribution in [3.8, 4) is 0 Å². The lowest BCUT2D eigenvalue weighted by Gasteiger charge is -2.44. The molecule has 1 aromatic rings. The molecule has 3 atom stereocenters. The van der Waals surface area contributed by atoms with Crippen LogP contribution in [0.3, 0.4) is 0 Å². The fourth-order valence-electron chi connectivity index (χ4n) is 3.66. The van der Waals surface area contributed by atoms with Crippen LogP contribution in [-0.2, 0) is 5.41 Å². The van der Waals surface area contributed by atoms with Crippen molar-refractivity contribution < 1.29 is 4.39 Å². The highest BCUT2D eigenvalue weighted by molar-refractivity contribution is 5.25. The van der Waals surface area contributed by atoms with Gasteiger partial charge in [0, 0.05) is 12.2 Å². The van der Waals surface area contributed by atoms with Crippen LogP contribution in [0.5, 0.6) is 0 Å². The van der Waals surface area contributed by atoms with Crippen LogP contribution in [0.25, 0.3) is 0 Å². The number of rotatable bonds is 3. The van der Waals surface area contributed by atoms with E-state index in [4.69, 9.17) is 0 Å². The van der Waals surface area contributed by atoms with Crippen LogP contribution in [0.1, 0.15) is 45.6 Å². The Morgan fingerprint density at radius 2 is 2.11 bits per heavy atom. The Hall–Kier alpha value is -0.960. The average Bonchev–Trinajstić information content (AvgIpc) is 2.38. The summed E-state index contributed by atoms with van der Waals surface area (Å²) in [5, 5.41) is 3.44. The van der Waals surface area contributed by atoms with Gasteiger partial charge in [-0.25, -0.2) is 4.39 Å². The molecule has 0 spiro atoms. The van der Waals surface area contributed by atoms with Gasteiger partial charge in [0.1, 0.15) is 5.82 Å². The zero-order chi connectivity index (χ0) is 14.0. The van der Waals surface area contributed by atoms with E-state index in [0.717, 1.165) is 17.9 Å². The standard InChI is InChI=1S/C16H25FN2/c1-11-5-6-13(15(9-11)18-4)16(2,3)12-7-8-19-10-14(12)17/h7-8,10-11,13,15,18H,5-6,9H2,1-4H3. The monoisotopic (exact) mass is 264 g/mol. The second-order valence-corrected chi connectivity index (χ2v) is 6.50. The second-order valence-electron chi connectivity index (χ2n) is 6.50. The van der Waals surface area contributed by atoms with Crippen molar-refractivity contribution in [2.75, 3.05) is 7.05 Å². The highest BCUT2D eigenvalue weighted by Crippen LogP contribution is 2.42. The second kappa shape index (κ2) is 5.58. The Morgan fingerprint density at radius 3 is 2.74 bits per heavy atom. The van der Waals surface area contributed by atoms with Crippen molar-refractivity contribution >= 4 is 0 Å². The summed E-state index contributed by atoms with van der Waals surface area (Å²) < 4.78 is 14.1. The van der Waals surface area contributed by atoms with Crippen molar-refractivity contribution in [3.05, 3.63) is 29.8 Å². The number of halogens is 1. The van der Waals surface area contributed by atoms with Crippen LogP contribution in [0.4, 0.5) is 4.39 Å². The number of hydrogen-bond acceptors (Lipinski definition) is 2. The van der Waals surface area contributed by atoms with E-state index in [1.807, 2.05) is 13.1 Å². The average molecular weight is 264 g/mol. The van der Waals surface area contributed by atoms with Crippen molar-refractivity contribution in [1.82, 2.24) is 10.3 Å². The maximum absolute atomic E-state index is 14.1. The Balaban J connectivity index is 2.30. The Bertz CT molecular complexity index is 431. The van der Waals surface area contributed by atoms with Gasteiger partial charge in [-0.2, -0.15) is 0 Å². The Morgan fingerprint density at radius 1 is 1.37 bits per heavy atom. The molecular formula is C16H25FN2. The highest BCUT2D eigenvalue weighted by Gasteiger charge is 2.40. The van der Waals surface area contributed by atoms with Gasteiger partial charge in [0.05, 0.1) is 6.20 Å². The van der Waals surface area contributed by atoms with Crippen LogP contribution >= 0.6 is 0 Å². The molecule has 2 nitrogen and oxygen atoms in total. The zero-order valence-corrected chi connectivity index (χ0v) is 12.4. The predicted molar refractivity (Wildman–Crippen MR) is 76.6 cm³/mol. The van der Waals surface area contributed by atoms with E-state index in [-0.39, 0.29) is 11.2 Å². The van der Waals surface area contributed by atoms with Crippen molar-refractivity contribution in [1.29, 1.82) is 0 Å². The molecule has 1 heterocycles. The van der Waals surface area contributed by atoms with Crippen molar-refractivity contribution in [2.24, 2.45) is 11.8 Å². The Kier molecular flexibility index (Phi) is 4.24. The molecule has 1 aliphatic carbocycles. The van der Waals surface area contributed by atoms with Crippen LogP contribution < -0.4 is 5.32 Å². The lowest BCUT2D eigenvalue weighted by atomic mass is 9.63. The van der Waals surface area contributed by atoms with Gasteiger partial charge < -0.3 is 5.32 Å². The molecule has 19 heavy (non-hydrogen) atoms. The van der Waals surface area contributed by atoms with E-state index in [2.05, 4.69) is 31.1 Å². The molecule has 0 aliphatic heterocycles. The molecule has 3 heteroatoms. The lowest BCUT2D eigenvalue weighted by Crippen LogP contribution is -2.47. The minimum absolute atomic E-state index is 0.166. The fourth-order valence-corrected chi connectivity index (χ4v) is 3.66. The molecule has 0 amide bonds. The van der Waals surface area contributed by atoms with Gasteiger partial charge in [-0.1, -0.05) is 27.2 Å². The Labute approximate surface area is 115 Å². The molecule has 0 saturated heterocycles. The van der Waals surface area contributed by atoms with E-state index in [9.17, 15) is 4.39 Å². The third kappa shape index (κ3) is 2.81. The van der Waals surface area contributed by atoms with Gasteiger partial charge in [0.2, 0.25) is 0 Å². The summed E-state index contributed by atoms with van der Waals surface area (Å²) in [6.07, 6.45) is 6.59. The summed E-state index contributed by atoms with van der Waals surface area (Å²) in [4.78, 5) is 3.86. The summed E-state index contributed by atoms with van der Waals surface area (Å²) >= 11 is 0. The van der Waals surface area contributed by atoms with Gasteiger partial charge in [-0.05, 0) is 48.8 Å². The summed E-state index contributed by atoms with van der Waals surface area (Å²) in [5.41, 5.74) is 0.628.